The summed E-state index contributed by atoms with van der Waals surface area (Å²) >= 11 is 0. The lowest BCUT2D eigenvalue weighted by molar-refractivity contribution is -0.130. The second-order valence-corrected chi connectivity index (χ2v) is 4.28. The Balaban J connectivity index is 1.90. The quantitative estimate of drug-likeness (QED) is 0.827. The first-order valence-electron chi connectivity index (χ1n) is 6.09. The summed E-state index contributed by atoms with van der Waals surface area (Å²) in [4.78, 5) is 17.9. The Morgan fingerprint density at radius 3 is 2.59 bits per heavy atom. The summed E-state index contributed by atoms with van der Waals surface area (Å²) < 4.78 is 4.87. The standard InChI is InChI=1S/C11H18N4O2/c12-8-10-13-9(14-17-10)7-11(16)15-5-3-1-2-4-6-15/h1-8,12H2. The molecule has 2 rings (SSSR count). The third kappa shape index (κ3) is 3.26. The van der Waals surface area contributed by atoms with Gasteiger partial charge < -0.3 is 15.2 Å². The maximum atomic E-state index is 12.0. The van der Waals surface area contributed by atoms with Gasteiger partial charge in [0.15, 0.2) is 5.82 Å². The molecule has 0 aromatic carbocycles. The predicted molar refractivity (Wildman–Crippen MR) is 60.9 cm³/mol. The van der Waals surface area contributed by atoms with E-state index in [0.29, 0.717) is 11.7 Å². The molecular formula is C11H18N4O2. The number of carbonyl (C=O) groups is 1. The van der Waals surface area contributed by atoms with Gasteiger partial charge in [-0.25, -0.2) is 0 Å². The van der Waals surface area contributed by atoms with Gasteiger partial charge in [-0.05, 0) is 12.8 Å². The first-order chi connectivity index (χ1) is 8.29. The number of nitrogens with zero attached hydrogens (tertiary/aromatic N) is 3. The van der Waals surface area contributed by atoms with Crippen molar-refractivity contribution >= 4 is 5.91 Å². The zero-order valence-corrected chi connectivity index (χ0v) is 9.89. The van der Waals surface area contributed by atoms with E-state index in [4.69, 9.17) is 10.3 Å². The predicted octanol–water partition coefficient (Wildman–Crippen LogP) is 0.473. The van der Waals surface area contributed by atoms with E-state index in [2.05, 4.69) is 10.1 Å². The summed E-state index contributed by atoms with van der Waals surface area (Å²) in [6.07, 6.45) is 4.81. The smallest absolute Gasteiger partial charge is 0.240 e. The van der Waals surface area contributed by atoms with E-state index < -0.39 is 0 Å². The molecule has 0 saturated carbocycles. The van der Waals surface area contributed by atoms with Gasteiger partial charge in [-0.15, -0.1) is 0 Å². The van der Waals surface area contributed by atoms with E-state index in [0.717, 1.165) is 25.9 Å². The van der Waals surface area contributed by atoms with Crippen molar-refractivity contribution in [2.24, 2.45) is 5.73 Å². The Bertz CT molecular complexity index is 369. The largest absolute Gasteiger partial charge is 0.342 e. The van der Waals surface area contributed by atoms with E-state index in [1.165, 1.54) is 12.8 Å². The van der Waals surface area contributed by atoms with Crippen LogP contribution in [0.2, 0.25) is 0 Å². The van der Waals surface area contributed by atoms with Gasteiger partial charge >= 0.3 is 0 Å². The number of aromatic nitrogens is 2. The van der Waals surface area contributed by atoms with Crippen molar-refractivity contribution in [3.8, 4) is 0 Å². The lowest BCUT2D eigenvalue weighted by Gasteiger charge is -2.19. The summed E-state index contributed by atoms with van der Waals surface area (Å²) in [5.74, 6) is 0.889. The molecule has 17 heavy (non-hydrogen) atoms. The molecule has 1 fully saturated rings. The maximum Gasteiger partial charge on any atom is 0.240 e. The van der Waals surface area contributed by atoms with E-state index in [9.17, 15) is 4.79 Å². The summed E-state index contributed by atoms with van der Waals surface area (Å²) in [6, 6.07) is 0. The Labute approximate surface area is 100 Å². The zero-order valence-electron chi connectivity index (χ0n) is 9.89. The van der Waals surface area contributed by atoms with Crippen molar-refractivity contribution < 1.29 is 9.32 Å². The van der Waals surface area contributed by atoms with Crippen LogP contribution in [0.4, 0.5) is 0 Å². The summed E-state index contributed by atoms with van der Waals surface area (Å²) in [6.45, 7) is 1.91. The van der Waals surface area contributed by atoms with Crippen molar-refractivity contribution in [1.82, 2.24) is 15.0 Å². The second-order valence-electron chi connectivity index (χ2n) is 4.28. The molecule has 1 aliphatic heterocycles. The van der Waals surface area contributed by atoms with Crippen LogP contribution in [0.3, 0.4) is 0 Å². The first-order valence-corrected chi connectivity index (χ1v) is 6.09. The number of nitrogens with two attached hydrogens (primary N) is 1. The number of amides is 1. The van der Waals surface area contributed by atoms with Gasteiger partial charge in [0.1, 0.15) is 0 Å². The van der Waals surface area contributed by atoms with Crippen LogP contribution in [-0.2, 0) is 17.8 Å². The van der Waals surface area contributed by atoms with E-state index >= 15 is 0 Å². The number of hydrogen-bond acceptors (Lipinski definition) is 5. The van der Waals surface area contributed by atoms with Crippen LogP contribution in [0.15, 0.2) is 4.52 Å². The maximum absolute atomic E-state index is 12.0. The van der Waals surface area contributed by atoms with Crippen LogP contribution in [0.5, 0.6) is 0 Å². The van der Waals surface area contributed by atoms with Crippen LogP contribution in [0, 0.1) is 0 Å². The highest BCUT2D eigenvalue weighted by molar-refractivity contribution is 5.77. The molecular weight excluding hydrogens is 220 g/mol. The molecule has 0 radical (unpaired) electrons. The Kier molecular flexibility index (Phi) is 4.08. The molecule has 0 atom stereocenters. The van der Waals surface area contributed by atoms with E-state index in [-0.39, 0.29) is 18.9 Å². The van der Waals surface area contributed by atoms with Gasteiger partial charge in [-0.1, -0.05) is 18.0 Å². The van der Waals surface area contributed by atoms with Crippen LogP contribution in [-0.4, -0.2) is 34.0 Å². The van der Waals surface area contributed by atoms with Gasteiger partial charge in [-0.2, -0.15) is 4.98 Å². The molecule has 6 heteroatoms. The van der Waals surface area contributed by atoms with Crippen molar-refractivity contribution in [2.45, 2.75) is 38.6 Å². The van der Waals surface area contributed by atoms with Gasteiger partial charge in [0.05, 0.1) is 13.0 Å². The van der Waals surface area contributed by atoms with Gasteiger partial charge in [-0.3, -0.25) is 4.79 Å². The second kappa shape index (κ2) is 5.77. The Morgan fingerprint density at radius 2 is 2.00 bits per heavy atom. The lowest BCUT2D eigenvalue weighted by atomic mass is 10.2. The van der Waals surface area contributed by atoms with Crippen LogP contribution in [0.25, 0.3) is 0 Å². The fourth-order valence-electron chi connectivity index (χ4n) is 2.01. The zero-order chi connectivity index (χ0) is 12.1. The molecule has 1 amide bonds. The minimum atomic E-state index is 0.0799. The average Bonchev–Trinajstić information content (AvgIpc) is 2.62. The SMILES string of the molecule is NCc1nc(CC(=O)N2CCCCCC2)no1. The summed E-state index contributed by atoms with van der Waals surface area (Å²) in [5.41, 5.74) is 5.37. The molecule has 1 aliphatic rings. The average molecular weight is 238 g/mol. The van der Waals surface area contributed by atoms with E-state index in [1.807, 2.05) is 4.90 Å². The normalized spacial score (nSPS) is 16.9. The van der Waals surface area contributed by atoms with Crippen LogP contribution < -0.4 is 5.73 Å². The molecule has 0 unspecified atom stereocenters. The number of rotatable bonds is 3. The van der Waals surface area contributed by atoms with Gasteiger partial charge in [0.25, 0.3) is 0 Å². The molecule has 6 nitrogen and oxygen atoms in total. The number of hydrogen-bond donors (Lipinski definition) is 1. The molecule has 0 spiro atoms. The first kappa shape index (κ1) is 12.0. The highest BCUT2D eigenvalue weighted by Crippen LogP contribution is 2.11. The molecule has 0 bridgehead atoms. The van der Waals surface area contributed by atoms with Crippen molar-refractivity contribution in [3.63, 3.8) is 0 Å². The number of likely N-dealkylation sites (tertiary alicyclic amines) is 1. The highest BCUT2D eigenvalue weighted by atomic mass is 16.5. The highest BCUT2D eigenvalue weighted by Gasteiger charge is 2.18. The van der Waals surface area contributed by atoms with Crippen molar-refractivity contribution in [2.75, 3.05) is 13.1 Å². The summed E-state index contributed by atoms with van der Waals surface area (Å²) in [7, 11) is 0. The third-order valence-corrected chi connectivity index (χ3v) is 2.95. The monoisotopic (exact) mass is 238 g/mol. The molecule has 1 aromatic rings. The van der Waals surface area contributed by atoms with E-state index in [1.54, 1.807) is 0 Å². The molecule has 1 saturated heterocycles. The molecule has 2 N–H and O–H groups in total. The third-order valence-electron chi connectivity index (χ3n) is 2.95. The molecule has 2 heterocycles. The van der Waals surface area contributed by atoms with Crippen LogP contribution in [0.1, 0.15) is 37.4 Å². The topological polar surface area (TPSA) is 85.2 Å². The minimum Gasteiger partial charge on any atom is -0.342 e. The minimum absolute atomic E-state index is 0.0799. The fourth-order valence-corrected chi connectivity index (χ4v) is 2.01. The molecule has 94 valence electrons. The van der Waals surface area contributed by atoms with Gasteiger partial charge in [0.2, 0.25) is 11.8 Å². The summed E-state index contributed by atoms with van der Waals surface area (Å²) in [5, 5.41) is 3.73. The Morgan fingerprint density at radius 1 is 1.29 bits per heavy atom. The fraction of sp³-hybridized carbons (Fsp3) is 0.727. The Hall–Kier alpha value is -1.43. The molecule has 0 aliphatic carbocycles. The van der Waals surface area contributed by atoms with Crippen LogP contribution >= 0.6 is 0 Å². The van der Waals surface area contributed by atoms with Gasteiger partial charge in [0, 0.05) is 13.1 Å². The lowest BCUT2D eigenvalue weighted by Crippen LogP contribution is -2.33. The molecule has 1 aromatic heterocycles. The number of carbonyl (C=O) groups excluding carboxylic acids is 1. The van der Waals surface area contributed by atoms with Crippen molar-refractivity contribution in [1.29, 1.82) is 0 Å². The van der Waals surface area contributed by atoms with Crippen molar-refractivity contribution in [3.05, 3.63) is 11.7 Å².